The first-order chi connectivity index (χ1) is 13.9. The first-order valence-electron chi connectivity index (χ1n) is 9.42. The summed E-state index contributed by atoms with van der Waals surface area (Å²) in [6, 6.07) is 4.84. The van der Waals surface area contributed by atoms with Crippen molar-refractivity contribution < 1.29 is 17.9 Å². The third-order valence-corrected chi connectivity index (χ3v) is 6.87. The fraction of sp³-hybridized carbons (Fsp3) is 0.421. The van der Waals surface area contributed by atoms with Crippen LogP contribution < -0.4 is 14.8 Å². The SMILES string of the molecule is COc1ccc2c(c1)N[C@H](C1CCN(C(=O)c3cnc(C)cn3)CC1)NS2(=O)=O. The molecule has 0 aliphatic carbocycles. The van der Waals surface area contributed by atoms with E-state index in [1.54, 1.807) is 30.3 Å². The number of hydrogen-bond donors (Lipinski definition) is 2. The molecule has 4 rings (SSSR count). The molecule has 0 unspecified atom stereocenters. The van der Waals surface area contributed by atoms with E-state index in [-0.39, 0.29) is 16.7 Å². The van der Waals surface area contributed by atoms with E-state index in [4.69, 9.17) is 4.74 Å². The van der Waals surface area contributed by atoms with Gasteiger partial charge in [-0.2, -0.15) is 4.72 Å². The number of rotatable bonds is 3. The molecule has 0 radical (unpaired) electrons. The monoisotopic (exact) mass is 417 g/mol. The van der Waals surface area contributed by atoms with Crippen molar-refractivity contribution >= 4 is 21.6 Å². The van der Waals surface area contributed by atoms with Crippen LogP contribution in [-0.2, 0) is 10.0 Å². The molecular weight excluding hydrogens is 394 g/mol. The smallest absolute Gasteiger partial charge is 0.274 e. The lowest BCUT2D eigenvalue weighted by Crippen LogP contribution is -2.52. The van der Waals surface area contributed by atoms with Crippen molar-refractivity contribution in [2.24, 2.45) is 5.92 Å². The highest BCUT2D eigenvalue weighted by Crippen LogP contribution is 2.33. The van der Waals surface area contributed by atoms with Crippen LogP contribution in [0.5, 0.6) is 5.75 Å². The van der Waals surface area contributed by atoms with E-state index in [1.165, 1.54) is 12.3 Å². The lowest BCUT2D eigenvalue weighted by atomic mass is 9.93. The number of aryl methyl sites for hydroxylation is 1. The quantitative estimate of drug-likeness (QED) is 0.775. The van der Waals surface area contributed by atoms with Crippen molar-refractivity contribution in [2.45, 2.75) is 30.8 Å². The highest BCUT2D eigenvalue weighted by molar-refractivity contribution is 7.89. The second-order valence-electron chi connectivity index (χ2n) is 7.28. The maximum Gasteiger partial charge on any atom is 0.274 e. The highest BCUT2D eigenvalue weighted by atomic mass is 32.2. The number of hydrogen-bond acceptors (Lipinski definition) is 7. The molecule has 154 valence electrons. The van der Waals surface area contributed by atoms with E-state index in [9.17, 15) is 13.2 Å². The van der Waals surface area contributed by atoms with Crippen LogP contribution in [0.15, 0.2) is 35.5 Å². The van der Waals surface area contributed by atoms with E-state index < -0.39 is 16.2 Å². The van der Waals surface area contributed by atoms with Gasteiger partial charge in [0.25, 0.3) is 5.91 Å². The lowest BCUT2D eigenvalue weighted by molar-refractivity contribution is 0.0672. The molecule has 2 aliphatic heterocycles. The fourth-order valence-electron chi connectivity index (χ4n) is 3.73. The summed E-state index contributed by atoms with van der Waals surface area (Å²) in [5.41, 5.74) is 1.61. The molecule has 0 spiro atoms. The van der Waals surface area contributed by atoms with Crippen LogP contribution in [0.2, 0.25) is 0 Å². The number of piperidine rings is 1. The molecule has 2 aliphatic rings. The normalized spacial score (nSPS) is 21.2. The minimum atomic E-state index is -3.61. The average molecular weight is 417 g/mol. The molecule has 2 N–H and O–H groups in total. The lowest BCUT2D eigenvalue weighted by Gasteiger charge is -2.38. The number of benzene rings is 1. The van der Waals surface area contributed by atoms with Crippen molar-refractivity contribution in [3.63, 3.8) is 0 Å². The minimum absolute atomic E-state index is 0.0530. The van der Waals surface area contributed by atoms with E-state index in [2.05, 4.69) is 20.0 Å². The Labute approximate surface area is 169 Å². The van der Waals surface area contributed by atoms with E-state index in [0.717, 1.165) is 5.69 Å². The summed E-state index contributed by atoms with van der Waals surface area (Å²) in [7, 11) is -2.07. The van der Waals surface area contributed by atoms with Crippen LogP contribution in [0.4, 0.5) is 5.69 Å². The Morgan fingerprint density at radius 3 is 2.62 bits per heavy atom. The summed E-state index contributed by atoms with van der Waals surface area (Å²) in [6.07, 6.45) is 3.97. The number of amides is 1. The molecule has 1 saturated heterocycles. The third kappa shape index (κ3) is 3.90. The van der Waals surface area contributed by atoms with E-state index in [1.807, 2.05) is 6.92 Å². The van der Waals surface area contributed by atoms with Gasteiger partial charge in [-0.15, -0.1) is 0 Å². The Balaban J connectivity index is 1.44. The van der Waals surface area contributed by atoms with Crippen LogP contribution in [0.25, 0.3) is 0 Å². The number of nitrogens with zero attached hydrogens (tertiary/aromatic N) is 3. The molecule has 10 heteroatoms. The standard InChI is InChI=1S/C19H23N5O4S/c1-12-10-21-16(11-20-12)19(25)24-7-5-13(6-8-24)18-22-15-9-14(28-2)3-4-17(15)29(26,27)23-18/h3-4,9-11,13,18,22-23H,5-8H2,1-2H3/t18-/m0/s1. The second kappa shape index (κ2) is 7.60. The topological polar surface area (TPSA) is 114 Å². The predicted molar refractivity (Wildman–Crippen MR) is 106 cm³/mol. The summed E-state index contributed by atoms with van der Waals surface area (Å²) in [4.78, 5) is 22.8. The summed E-state index contributed by atoms with van der Waals surface area (Å²) in [5, 5.41) is 3.28. The van der Waals surface area contributed by atoms with Crippen LogP contribution in [0.3, 0.4) is 0 Å². The zero-order chi connectivity index (χ0) is 20.6. The Bertz CT molecular complexity index is 1020. The summed E-state index contributed by atoms with van der Waals surface area (Å²) in [6.45, 7) is 2.88. The number of carbonyl (C=O) groups is 1. The second-order valence-corrected chi connectivity index (χ2v) is 8.96. The van der Waals surface area contributed by atoms with E-state index in [0.29, 0.717) is 43.1 Å². The Morgan fingerprint density at radius 2 is 1.97 bits per heavy atom. The first-order valence-corrected chi connectivity index (χ1v) is 10.9. The number of aromatic nitrogens is 2. The average Bonchev–Trinajstić information content (AvgIpc) is 2.73. The van der Waals surface area contributed by atoms with Crippen molar-refractivity contribution in [1.82, 2.24) is 19.6 Å². The van der Waals surface area contributed by atoms with Gasteiger partial charge in [0.1, 0.15) is 16.3 Å². The Hall–Kier alpha value is -2.72. The maximum absolute atomic E-state index is 12.6. The Kier molecular flexibility index (Phi) is 5.13. The van der Waals surface area contributed by atoms with Crippen molar-refractivity contribution in [1.29, 1.82) is 0 Å². The van der Waals surface area contributed by atoms with Gasteiger partial charge in [-0.05, 0) is 37.8 Å². The minimum Gasteiger partial charge on any atom is -0.497 e. The van der Waals surface area contributed by atoms with Crippen molar-refractivity contribution in [3.05, 3.63) is 42.0 Å². The molecule has 1 fully saturated rings. The Morgan fingerprint density at radius 1 is 1.21 bits per heavy atom. The maximum atomic E-state index is 12.6. The predicted octanol–water partition coefficient (Wildman–Crippen LogP) is 1.38. The van der Waals surface area contributed by atoms with Crippen molar-refractivity contribution in [2.75, 3.05) is 25.5 Å². The van der Waals surface area contributed by atoms with Gasteiger partial charge in [-0.25, -0.2) is 13.4 Å². The van der Waals surface area contributed by atoms with Gasteiger partial charge in [0.15, 0.2) is 0 Å². The fourth-order valence-corrected chi connectivity index (χ4v) is 5.09. The number of fused-ring (bicyclic) bond motifs is 1. The molecular formula is C19H23N5O4S. The molecule has 29 heavy (non-hydrogen) atoms. The number of carbonyl (C=O) groups excluding carboxylic acids is 1. The summed E-state index contributed by atoms with van der Waals surface area (Å²) in [5.74, 6) is 0.493. The zero-order valence-corrected chi connectivity index (χ0v) is 17.1. The molecule has 1 aromatic heterocycles. The van der Waals surface area contributed by atoms with Gasteiger partial charge >= 0.3 is 0 Å². The molecule has 3 heterocycles. The van der Waals surface area contributed by atoms with Gasteiger partial charge in [0, 0.05) is 25.4 Å². The molecule has 0 saturated carbocycles. The van der Waals surface area contributed by atoms with Gasteiger partial charge in [0.2, 0.25) is 10.0 Å². The van der Waals surface area contributed by atoms with Gasteiger partial charge in [-0.1, -0.05) is 0 Å². The van der Waals surface area contributed by atoms with Gasteiger partial charge < -0.3 is 15.0 Å². The van der Waals surface area contributed by atoms with Gasteiger partial charge in [0.05, 0.1) is 30.9 Å². The van der Waals surface area contributed by atoms with Crippen LogP contribution >= 0.6 is 0 Å². The van der Waals surface area contributed by atoms with Crippen LogP contribution in [0.1, 0.15) is 29.0 Å². The van der Waals surface area contributed by atoms with Crippen LogP contribution in [0, 0.1) is 12.8 Å². The van der Waals surface area contributed by atoms with E-state index >= 15 is 0 Å². The zero-order valence-electron chi connectivity index (χ0n) is 16.3. The number of methoxy groups -OCH3 is 1. The van der Waals surface area contributed by atoms with Crippen LogP contribution in [-0.4, -0.2) is 55.6 Å². The number of nitrogens with one attached hydrogen (secondary N) is 2. The molecule has 0 bridgehead atoms. The number of likely N-dealkylation sites (tertiary alicyclic amines) is 1. The van der Waals surface area contributed by atoms with Crippen molar-refractivity contribution in [3.8, 4) is 5.75 Å². The molecule has 1 atom stereocenters. The largest absolute Gasteiger partial charge is 0.497 e. The number of ether oxygens (including phenoxy) is 1. The summed E-state index contributed by atoms with van der Waals surface area (Å²) >= 11 is 0. The third-order valence-electron chi connectivity index (χ3n) is 5.37. The highest BCUT2D eigenvalue weighted by Gasteiger charge is 2.36. The molecule has 2 aromatic rings. The first kappa shape index (κ1) is 19.6. The number of sulfonamides is 1. The molecule has 1 amide bonds. The number of anilines is 1. The molecule has 9 nitrogen and oxygen atoms in total. The molecule has 1 aromatic carbocycles. The van der Waals surface area contributed by atoms with Gasteiger partial charge in [-0.3, -0.25) is 9.78 Å². The summed E-state index contributed by atoms with van der Waals surface area (Å²) < 4.78 is 33.2.